The number of carbonyl (C=O) groups excluding carboxylic acids is 1. The zero-order valence-corrected chi connectivity index (χ0v) is 10.8. The number of primary amides is 1. The summed E-state index contributed by atoms with van der Waals surface area (Å²) in [5.74, 6) is 0.837. The summed E-state index contributed by atoms with van der Waals surface area (Å²) in [4.78, 5) is 12.6. The molecular formula is C14H21N2O2+. The van der Waals surface area contributed by atoms with E-state index >= 15 is 0 Å². The van der Waals surface area contributed by atoms with Crippen LogP contribution in [-0.4, -0.2) is 26.1 Å². The molecule has 0 aromatic heterocycles. The second kappa shape index (κ2) is 5.87. The lowest BCUT2D eigenvalue weighted by atomic mass is 9.96. The SMILES string of the molecule is COc1ccc(C[NH+]2CCC(C(N)=O)CC2)cc1. The van der Waals surface area contributed by atoms with Crippen molar-refractivity contribution < 1.29 is 14.4 Å². The van der Waals surface area contributed by atoms with Gasteiger partial charge in [-0.1, -0.05) is 0 Å². The zero-order chi connectivity index (χ0) is 13.0. The second-order valence-electron chi connectivity index (χ2n) is 4.95. The first-order valence-corrected chi connectivity index (χ1v) is 6.45. The summed E-state index contributed by atoms with van der Waals surface area (Å²) in [7, 11) is 1.68. The third-order valence-electron chi connectivity index (χ3n) is 3.71. The van der Waals surface area contributed by atoms with Gasteiger partial charge in [0.2, 0.25) is 5.91 Å². The van der Waals surface area contributed by atoms with Crippen LogP contribution < -0.4 is 15.4 Å². The average Bonchev–Trinajstić information content (AvgIpc) is 2.40. The molecule has 0 radical (unpaired) electrons. The molecule has 4 heteroatoms. The summed E-state index contributed by atoms with van der Waals surface area (Å²) in [6.45, 7) is 3.06. The van der Waals surface area contributed by atoms with Gasteiger partial charge in [0.15, 0.2) is 0 Å². The number of hydrogen-bond acceptors (Lipinski definition) is 2. The molecule has 2 rings (SSSR count). The van der Waals surface area contributed by atoms with Gasteiger partial charge in [-0.05, 0) is 24.3 Å². The maximum Gasteiger partial charge on any atom is 0.220 e. The number of benzene rings is 1. The molecule has 0 bridgehead atoms. The molecule has 98 valence electrons. The van der Waals surface area contributed by atoms with Crippen LogP contribution in [0.15, 0.2) is 24.3 Å². The van der Waals surface area contributed by atoms with Crippen molar-refractivity contribution in [3.63, 3.8) is 0 Å². The lowest BCUT2D eigenvalue weighted by Gasteiger charge is -2.27. The molecule has 0 aliphatic carbocycles. The smallest absolute Gasteiger partial charge is 0.220 e. The Morgan fingerprint density at radius 1 is 1.33 bits per heavy atom. The molecular weight excluding hydrogens is 228 g/mol. The summed E-state index contributed by atoms with van der Waals surface area (Å²) in [5.41, 5.74) is 6.64. The van der Waals surface area contributed by atoms with Crippen molar-refractivity contribution in [1.29, 1.82) is 0 Å². The van der Waals surface area contributed by atoms with Gasteiger partial charge >= 0.3 is 0 Å². The van der Waals surface area contributed by atoms with Crippen LogP contribution in [0, 0.1) is 5.92 Å². The van der Waals surface area contributed by atoms with E-state index in [0.717, 1.165) is 38.2 Å². The minimum absolute atomic E-state index is 0.0876. The van der Waals surface area contributed by atoms with Crippen LogP contribution in [0.4, 0.5) is 0 Å². The van der Waals surface area contributed by atoms with Gasteiger partial charge in [0.1, 0.15) is 12.3 Å². The molecule has 18 heavy (non-hydrogen) atoms. The number of likely N-dealkylation sites (tertiary alicyclic amines) is 1. The highest BCUT2D eigenvalue weighted by Gasteiger charge is 2.25. The van der Waals surface area contributed by atoms with Gasteiger partial charge in [-0.3, -0.25) is 4.79 Å². The number of amides is 1. The normalized spacial score (nSPS) is 23.6. The van der Waals surface area contributed by atoms with Crippen LogP contribution >= 0.6 is 0 Å². The second-order valence-corrected chi connectivity index (χ2v) is 4.95. The zero-order valence-electron chi connectivity index (χ0n) is 10.8. The molecule has 0 spiro atoms. The number of hydrogen-bond donors (Lipinski definition) is 2. The lowest BCUT2D eigenvalue weighted by Crippen LogP contribution is -3.11. The van der Waals surface area contributed by atoms with Gasteiger partial charge in [-0.15, -0.1) is 0 Å². The molecule has 1 aliphatic heterocycles. The first-order valence-electron chi connectivity index (χ1n) is 6.45. The van der Waals surface area contributed by atoms with E-state index < -0.39 is 0 Å². The van der Waals surface area contributed by atoms with E-state index in [1.807, 2.05) is 12.1 Å². The monoisotopic (exact) mass is 249 g/mol. The number of methoxy groups -OCH3 is 1. The summed E-state index contributed by atoms with van der Waals surface area (Å²) in [5, 5.41) is 0. The molecule has 0 atom stereocenters. The largest absolute Gasteiger partial charge is 0.497 e. The van der Waals surface area contributed by atoms with Gasteiger partial charge in [0, 0.05) is 24.3 Å². The van der Waals surface area contributed by atoms with Crippen molar-refractivity contribution in [2.24, 2.45) is 11.7 Å². The predicted octanol–water partition coefficient (Wildman–Crippen LogP) is -0.0246. The van der Waals surface area contributed by atoms with Crippen molar-refractivity contribution in [2.75, 3.05) is 20.2 Å². The Hall–Kier alpha value is -1.55. The molecule has 1 aromatic rings. The number of nitrogens with one attached hydrogen (secondary N) is 1. The third kappa shape index (κ3) is 3.23. The highest BCUT2D eigenvalue weighted by molar-refractivity contribution is 5.76. The molecule has 0 saturated carbocycles. The van der Waals surface area contributed by atoms with Crippen molar-refractivity contribution in [3.8, 4) is 5.75 Å². The van der Waals surface area contributed by atoms with Crippen LogP contribution in [0.5, 0.6) is 5.75 Å². The number of carbonyl (C=O) groups is 1. The Balaban J connectivity index is 1.85. The first kappa shape index (κ1) is 12.9. The number of rotatable bonds is 4. The van der Waals surface area contributed by atoms with E-state index in [9.17, 15) is 4.79 Å². The van der Waals surface area contributed by atoms with Crippen LogP contribution in [0.2, 0.25) is 0 Å². The number of nitrogens with two attached hydrogens (primary N) is 1. The number of quaternary nitrogens is 1. The fourth-order valence-electron chi connectivity index (χ4n) is 2.52. The first-order chi connectivity index (χ1) is 8.69. The van der Waals surface area contributed by atoms with Crippen molar-refractivity contribution >= 4 is 5.91 Å². The van der Waals surface area contributed by atoms with E-state index in [-0.39, 0.29) is 11.8 Å². The third-order valence-corrected chi connectivity index (χ3v) is 3.71. The quantitative estimate of drug-likeness (QED) is 0.787. The summed E-state index contributed by atoms with van der Waals surface area (Å²) in [6, 6.07) is 8.19. The van der Waals surface area contributed by atoms with Gasteiger partial charge in [-0.2, -0.15) is 0 Å². The Morgan fingerprint density at radius 3 is 2.44 bits per heavy atom. The van der Waals surface area contributed by atoms with Crippen molar-refractivity contribution in [3.05, 3.63) is 29.8 Å². The Morgan fingerprint density at radius 2 is 1.94 bits per heavy atom. The van der Waals surface area contributed by atoms with Crippen molar-refractivity contribution in [1.82, 2.24) is 0 Å². The fraction of sp³-hybridized carbons (Fsp3) is 0.500. The van der Waals surface area contributed by atoms with Crippen LogP contribution in [0.1, 0.15) is 18.4 Å². The number of piperidine rings is 1. The molecule has 1 aromatic carbocycles. The topological polar surface area (TPSA) is 56.8 Å². The minimum Gasteiger partial charge on any atom is -0.497 e. The Labute approximate surface area is 108 Å². The fourth-order valence-corrected chi connectivity index (χ4v) is 2.52. The highest BCUT2D eigenvalue weighted by Crippen LogP contribution is 2.12. The van der Waals surface area contributed by atoms with Gasteiger partial charge in [0.05, 0.1) is 20.2 Å². The van der Waals surface area contributed by atoms with Gasteiger partial charge in [-0.25, -0.2) is 0 Å². The van der Waals surface area contributed by atoms with Crippen LogP contribution in [-0.2, 0) is 11.3 Å². The van der Waals surface area contributed by atoms with E-state index in [0.29, 0.717) is 0 Å². The highest BCUT2D eigenvalue weighted by atomic mass is 16.5. The number of ether oxygens (including phenoxy) is 1. The lowest BCUT2D eigenvalue weighted by molar-refractivity contribution is -0.919. The van der Waals surface area contributed by atoms with Crippen LogP contribution in [0.3, 0.4) is 0 Å². The maximum absolute atomic E-state index is 11.1. The summed E-state index contributed by atoms with van der Waals surface area (Å²) < 4.78 is 5.14. The van der Waals surface area contributed by atoms with Gasteiger partial charge in [0.25, 0.3) is 0 Å². The average molecular weight is 249 g/mol. The molecule has 1 amide bonds. The van der Waals surface area contributed by atoms with E-state index in [1.165, 1.54) is 10.5 Å². The van der Waals surface area contributed by atoms with E-state index in [1.54, 1.807) is 7.11 Å². The van der Waals surface area contributed by atoms with Gasteiger partial charge < -0.3 is 15.4 Å². The van der Waals surface area contributed by atoms with E-state index in [4.69, 9.17) is 10.5 Å². The Kier molecular flexibility index (Phi) is 4.20. The van der Waals surface area contributed by atoms with E-state index in [2.05, 4.69) is 12.1 Å². The Bertz CT molecular complexity index is 395. The summed E-state index contributed by atoms with van der Waals surface area (Å²) >= 11 is 0. The molecule has 1 heterocycles. The molecule has 1 saturated heterocycles. The predicted molar refractivity (Wildman–Crippen MR) is 69.3 cm³/mol. The molecule has 3 N–H and O–H groups in total. The van der Waals surface area contributed by atoms with Crippen molar-refractivity contribution in [2.45, 2.75) is 19.4 Å². The molecule has 1 aliphatic rings. The maximum atomic E-state index is 11.1. The molecule has 1 fully saturated rings. The van der Waals surface area contributed by atoms with Crippen LogP contribution in [0.25, 0.3) is 0 Å². The molecule has 0 unspecified atom stereocenters. The summed E-state index contributed by atoms with van der Waals surface area (Å²) in [6.07, 6.45) is 1.83. The standard InChI is InChI=1S/C14H20N2O2/c1-18-13-4-2-11(3-5-13)10-16-8-6-12(7-9-16)14(15)17/h2-5,12H,6-10H2,1H3,(H2,15,17)/p+1. The minimum atomic E-state index is -0.140. The molecule has 4 nitrogen and oxygen atoms in total.